The Morgan fingerprint density at radius 1 is 1.22 bits per heavy atom. The average Bonchev–Trinajstić information content (AvgIpc) is 3.01. The molecule has 7 heteroatoms. The van der Waals surface area contributed by atoms with Crippen LogP contribution < -0.4 is 0 Å². The fourth-order valence-corrected chi connectivity index (χ4v) is 2.65. The first-order valence-electron chi connectivity index (χ1n) is 8.26. The van der Waals surface area contributed by atoms with Gasteiger partial charge in [0, 0.05) is 18.1 Å². The molecule has 0 aliphatic carbocycles. The largest absolute Gasteiger partial charge is 0.477 e. The number of hydrogen-bond acceptors (Lipinski definition) is 5. The predicted octanol–water partition coefficient (Wildman–Crippen LogP) is 4.21. The van der Waals surface area contributed by atoms with Crippen LogP contribution in [0.1, 0.15) is 52.7 Å². The summed E-state index contributed by atoms with van der Waals surface area (Å²) in [4.78, 5) is 27.3. The summed E-state index contributed by atoms with van der Waals surface area (Å²) in [7, 11) is 0. The van der Waals surface area contributed by atoms with Crippen molar-refractivity contribution in [2.24, 2.45) is 0 Å². The van der Waals surface area contributed by atoms with Crippen molar-refractivity contribution in [1.82, 2.24) is 4.98 Å². The normalized spacial score (nSPS) is 11.6. The molecule has 1 aromatic carbocycles. The average molecular weight is 371 g/mol. The fourth-order valence-electron chi connectivity index (χ4n) is 2.65. The van der Waals surface area contributed by atoms with Gasteiger partial charge in [-0.25, -0.2) is 19.0 Å². The first kappa shape index (κ1) is 18.6. The zero-order valence-corrected chi connectivity index (χ0v) is 15.1. The quantitative estimate of drug-likeness (QED) is 0.691. The van der Waals surface area contributed by atoms with Gasteiger partial charge in [-0.15, -0.1) is 0 Å². The minimum absolute atomic E-state index is 0.121. The highest BCUT2D eigenvalue weighted by Gasteiger charge is 2.21. The van der Waals surface area contributed by atoms with Crippen LogP contribution in [0.25, 0.3) is 11.1 Å². The summed E-state index contributed by atoms with van der Waals surface area (Å²) < 4.78 is 25.0. The van der Waals surface area contributed by atoms with Gasteiger partial charge in [0.1, 0.15) is 22.6 Å². The second kappa shape index (κ2) is 6.83. The topological polar surface area (TPSA) is 89.6 Å². The molecule has 1 N–H and O–H groups in total. The van der Waals surface area contributed by atoms with E-state index in [4.69, 9.17) is 9.15 Å². The highest BCUT2D eigenvalue weighted by atomic mass is 19.1. The summed E-state index contributed by atoms with van der Waals surface area (Å²) >= 11 is 0. The van der Waals surface area contributed by atoms with Crippen LogP contribution >= 0.6 is 0 Å². The number of rotatable bonds is 4. The van der Waals surface area contributed by atoms with Crippen LogP contribution in [0.2, 0.25) is 0 Å². The molecule has 0 atom stereocenters. The minimum Gasteiger partial charge on any atom is -0.477 e. The van der Waals surface area contributed by atoms with Crippen LogP contribution in [0.4, 0.5) is 4.39 Å². The smallest absolute Gasteiger partial charge is 0.354 e. The number of halogens is 1. The lowest BCUT2D eigenvalue weighted by Gasteiger charge is -2.19. The van der Waals surface area contributed by atoms with Gasteiger partial charge in [-0.2, -0.15) is 0 Å². The molecule has 0 radical (unpaired) electrons. The van der Waals surface area contributed by atoms with Crippen molar-refractivity contribution < 1.29 is 28.2 Å². The molecule has 0 aliphatic rings. The van der Waals surface area contributed by atoms with E-state index in [0.717, 1.165) is 0 Å². The molecule has 140 valence electrons. The van der Waals surface area contributed by atoms with Gasteiger partial charge in [-0.1, -0.05) is 6.07 Å². The van der Waals surface area contributed by atoms with Gasteiger partial charge >= 0.3 is 11.9 Å². The lowest BCUT2D eigenvalue weighted by molar-refractivity contribution is 0.00645. The van der Waals surface area contributed by atoms with Gasteiger partial charge in [0.15, 0.2) is 5.58 Å². The molecule has 0 saturated carbocycles. The van der Waals surface area contributed by atoms with E-state index in [2.05, 4.69) is 4.98 Å². The van der Waals surface area contributed by atoms with Gasteiger partial charge in [0.05, 0.1) is 11.8 Å². The third kappa shape index (κ3) is 4.13. The fraction of sp³-hybridized carbons (Fsp3) is 0.250. The number of benzene rings is 1. The Hall–Kier alpha value is -3.22. The van der Waals surface area contributed by atoms with Crippen LogP contribution in [-0.2, 0) is 11.2 Å². The number of nitrogens with zero attached hydrogens (tertiary/aromatic N) is 1. The lowest BCUT2D eigenvalue weighted by atomic mass is 10.0. The van der Waals surface area contributed by atoms with Crippen LogP contribution in [0, 0.1) is 5.82 Å². The maximum absolute atomic E-state index is 14.4. The van der Waals surface area contributed by atoms with Crippen molar-refractivity contribution in [3.05, 3.63) is 64.8 Å². The first-order chi connectivity index (χ1) is 12.6. The molecule has 3 aromatic rings. The molecule has 6 nitrogen and oxygen atoms in total. The molecule has 27 heavy (non-hydrogen) atoms. The molecule has 2 heterocycles. The van der Waals surface area contributed by atoms with E-state index < -0.39 is 23.4 Å². The van der Waals surface area contributed by atoms with E-state index in [1.54, 1.807) is 32.9 Å². The van der Waals surface area contributed by atoms with E-state index in [-0.39, 0.29) is 17.7 Å². The Labute approximate surface area is 154 Å². The SMILES string of the molecule is CC(C)(C)OC(=O)c1ccc(Cc2cc(C(=O)O)nc3ccoc23)cc1F. The Balaban J connectivity index is 1.92. The number of hydrogen-bond donors (Lipinski definition) is 1. The number of ether oxygens (including phenoxy) is 1. The van der Waals surface area contributed by atoms with Gasteiger partial charge in [0.2, 0.25) is 0 Å². The van der Waals surface area contributed by atoms with Gasteiger partial charge in [-0.3, -0.25) is 0 Å². The number of carboxylic acid groups (broad SMARTS) is 1. The summed E-state index contributed by atoms with van der Waals surface area (Å²) in [6.45, 7) is 5.11. The molecule has 0 bridgehead atoms. The number of pyridine rings is 1. The van der Waals surface area contributed by atoms with E-state index >= 15 is 0 Å². The van der Waals surface area contributed by atoms with Crippen molar-refractivity contribution in [2.75, 3.05) is 0 Å². The standard InChI is InChI=1S/C20H18FNO5/c1-20(2,3)27-19(25)13-5-4-11(9-14(13)21)8-12-10-16(18(23)24)22-15-6-7-26-17(12)15/h4-7,9-10H,8H2,1-3H3,(H,23,24). The van der Waals surface area contributed by atoms with Crippen molar-refractivity contribution >= 4 is 23.0 Å². The maximum atomic E-state index is 14.4. The molecule has 0 unspecified atom stereocenters. The van der Waals surface area contributed by atoms with E-state index in [9.17, 15) is 19.1 Å². The Bertz CT molecular complexity index is 1030. The van der Waals surface area contributed by atoms with Crippen LogP contribution in [0.15, 0.2) is 41.0 Å². The molecule has 3 rings (SSSR count). The summed E-state index contributed by atoms with van der Waals surface area (Å²) in [5, 5.41) is 9.20. The molecular formula is C20H18FNO5. The highest BCUT2D eigenvalue weighted by Crippen LogP contribution is 2.24. The molecular weight excluding hydrogens is 353 g/mol. The van der Waals surface area contributed by atoms with E-state index in [1.165, 1.54) is 24.5 Å². The predicted molar refractivity (Wildman–Crippen MR) is 95.3 cm³/mol. The molecule has 0 amide bonds. The third-order valence-electron chi connectivity index (χ3n) is 3.75. The minimum atomic E-state index is -1.16. The zero-order chi connectivity index (χ0) is 19.8. The number of carbonyl (C=O) groups is 2. The summed E-state index contributed by atoms with van der Waals surface area (Å²) in [5.41, 5.74) is 0.971. The molecule has 0 aliphatic heterocycles. The molecule has 0 fully saturated rings. The van der Waals surface area contributed by atoms with E-state index in [1.807, 2.05) is 0 Å². The van der Waals surface area contributed by atoms with Crippen molar-refractivity contribution in [3.63, 3.8) is 0 Å². The number of aromatic carboxylic acids is 1. The van der Waals surface area contributed by atoms with E-state index in [0.29, 0.717) is 22.2 Å². The monoisotopic (exact) mass is 371 g/mol. The number of aromatic nitrogens is 1. The number of furan rings is 1. The number of carbonyl (C=O) groups excluding carboxylic acids is 1. The van der Waals surface area contributed by atoms with Gasteiger partial charge in [0.25, 0.3) is 0 Å². The number of carboxylic acids is 1. The molecule has 2 aromatic heterocycles. The Kier molecular flexibility index (Phi) is 4.70. The Morgan fingerprint density at radius 3 is 2.59 bits per heavy atom. The third-order valence-corrected chi connectivity index (χ3v) is 3.75. The zero-order valence-electron chi connectivity index (χ0n) is 15.1. The Morgan fingerprint density at radius 2 is 1.96 bits per heavy atom. The second-order valence-corrected chi connectivity index (χ2v) is 7.10. The van der Waals surface area contributed by atoms with Crippen LogP contribution in [-0.4, -0.2) is 27.6 Å². The van der Waals surface area contributed by atoms with Crippen molar-refractivity contribution in [1.29, 1.82) is 0 Å². The molecule has 0 saturated heterocycles. The maximum Gasteiger partial charge on any atom is 0.354 e. The highest BCUT2D eigenvalue weighted by molar-refractivity contribution is 5.91. The first-order valence-corrected chi connectivity index (χ1v) is 8.26. The lowest BCUT2D eigenvalue weighted by Crippen LogP contribution is -2.24. The number of esters is 1. The van der Waals surface area contributed by atoms with Crippen LogP contribution in [0.3, 0.4) is 0 Å². The molecule has 0 spiro atoms. The van der Waals surface area contributed by atoms with Crippen molar-refractivity contribution in [3.8, 4) is 0 Å². The summed E-state index contributed by atoms with van der Waals surface area (Å²) in [6.07, 6.45) is 1.64. The second-order valence-electron chi connectivity index (χ2n) is 7.10. The van der Waals surface area contributed by atoms with Gasteiger partial charge < -0.3 is 14.3 Å². The summed E-state index contributed by atoms with van der Waals surface area (Å²) in [5.74, 6) is -2.60. The van der Waals surface area contributed by atoms with Crippen molar-refractivity contribution in [2.45, 2.75) is 32.8 Å². The number of fused-ring (bicyclic) bond motifs is 1. The summed E-state index contributed by atoms with van der Waals surface area (Å²) in [6, 6.07) is 7.15. The van der Waals surface area contributed by atoms with Gasteiger partial charge in [-0.05, 0) is 44.5 Å². The van der Waals surface area contributed by atoms with Crippen LogP contribution in [0.5, 0.6) is 0 Å².